The molecular weight excluding hydrogens is 332 g/mol. The molecule has 1 amide bonds. The van der Waals surface area contributed by atoms with Gasteiger partial charge in [-0.05, 0) is 65.9 Å². The number of pyridine rings is 1. The first-order valence-corrected chi connectivity index (χ1v) is 8.47. The molecule has 21 heavy (non-hydrogen) atoms. The number of nitrogens with zero attached hydrogens (tertiary/aromatic N) is 1. The van der Waals surface area contributed by atoms with E-state index in [4.69, 9.17) is 0 Å². The van der Waals surface area contributed by atoms with Crippen molar-refractivity contribution in [2.75, 3.05) is 0 Å². The van der Waals surface area contributed by atoms with Crippen molar-refractivity contribution >= 4 is 21.8 Å². The average molecular weight is 353 g/mol. The van der Waals surface area contributed by atoms with E-state index in [2.05, 4.69) is 28.2 Å². The van der Waals surface area contributed by atoms with Crippen LogP contribution >= 0.6 is 15.9 Å². The van der Waals surface area contributed by atoms with Crippen molar-refractivity contribution in [1.29, 1.82) is 0 Å². The van der Waals surface area contributed by atoms with Crippen molar-refractivity contribution in [3.63, 3.8) is 0 Å². The van der Waals surface area contributed by atoms with E-state index in [1.807, 2.05) is 0 Å². The van der Waals surface area contributed by atoms with Crippen LogP contribution < -0.4 is 10.9 Å². The second-order valence-corrected chi connectivity index (χ2v) is 7.42. The number of rotatable bonds is 4. The van der Waals surface area contributed by atoms with Crippen LogP contribution in [0.4, 0.5) is 0 Å². The van der Waals surface area contributed by atoms with Crippen LogP contribution in [0.25, 0.3) is 0 Å². The normalized spacial score (nSPS) is 28.6. The molecule has 1 heterocycles. The molecule has 3 rings (SSSR count). The Labute approximate surface area is 133 Å². The molecule has 1 N–H and O–H groups in total. The van der Waals surface area contributed by atoms with E-state index in [-0.39, 0.29) is 24.1 Å². The molecule has 0 aliphatic heterocycles. The third-order valence-electron chi connectivity index (χ3n) is 5.08. The van der Waals surface area contributed by atoms with Gasteiger partial charge in [0.05, 0.1) is 0 Å². The Morgan fingerprint density at radius 1 is 1.43 bits per heavy atom. The highest BCUT2D eigenvalue weighted by Crippen LogP contribution is 2.49. The second kappa shape index (κ2) is 5.95. The van der Waals surface area contributed by atoms with Crippen LogP contribution in [0.1, 0.15) is 32.6 Å². The molecule has 4 atom stereocenters. The Balaban J connectivity index is 1.59. The molecule has 114 valence electrons. The molecule has 5 heteroatoms. The predicted octanol–water partition coefficient (Wildman–Crippen LogP) is 2.55. The fraction of sp³-hybridized carbons (Fsp3) is 0.625. The summed E-state index contributed by atoms with van der Waals surface area (Å²) in [7, 11) is 0. The van der Waals surface area contributed by atoms with E-state index in [0.717, 1.165) is 16.3 Å². The minimum absolute atomic E-state index is 0.0783. The lowest BCUT2D eigenvalue weighted by Gasteiger charge is -2.28. The number of aromatic nitrogens is 1. The maximum absolute atomic E-state index is 12.2. The summed E-state index contributed by atoms with van der Waals surface area (Å²) in [5.41, 5.74) is -0.152. The first kappa shape index (κ1) is 14.8. The van der Waals surface area contributed by atoms with Gasteiger partial charge in [-0.15, -0.1) is 0 Å². The molecular formula is C16H21BrN2O2. The van der Waals surface area contributed by atoms with Crippen molar-refractivity contribution in [2.45, 2.75) is 45.2 Å². The Morgan fingerprint density at radius 3 is 2.90 bits per heavy atom. The van der Waals surface area contributed by atoms with Crippen LogP contribution in [0.2, 0.25) is 0 Å². The SMILES string of the molecule is CC(NC(=O)Cn1cc(Br)ccc1=O)C1CC2CCC1C2. The largest absolute Gasteiger partial charge is 0.352 e. The molecule has 2 saturated carbocycles. The van der Waals surface area contributed by atoms with E-state index in [0.29, 0.717) is 5.92 Å². The van der Waals surface area contributed by atoms with Gasteiger partial charge < -0.3 is 9.88 Å². The molecule has 0 saturated heterocycles. The molecule has 1 aromatic heterocycles. The van der Waals surface area contributed by atoms with E-state index in [1.54, 1.807) is 12.3 Å². The van der Waals surface area contributed by atoms with Gasteiger partial charge in [-0.1, -0.05) is 6.42 Å². The minimum atomic E-state index is -0.152. The topological polar surface area (TPSA) is 51.1 Å². The number of hydrogen-bond acceptors (Lipinski definition) is 2. The van der Waals surface area contributed by atoms with Crippen LogP contribution in [0.5, 0.6) is 0 Å². The summed E-state index contributed by atoms with van der Waals surface area (Å²) < 4.78 is 2.24. The third kappa shape index (κ3) is 3.23. The van der Waals surface area contributed by atoms with Crippen LogP contribution in [0.3, 0.4) is 0 Å². The highest BCUT2D eigenvalue weighted by atomic mass is 79.9. The van der Waals surface area contributed by atoms with Gasteiger partial charge in [0.15, 0.2) is 0 Å². The number of fused-ring (bicyclic) bond motifs is 2. The van der Waals surface area contributed by atoms with Crippen molar-refractivity contribution in [3.8, 4) is 0 Å². The molecule has 2 aliphatic rings. The van der Waals surface area contributed by atoms with Gasteiger partial charge in [-0.3, -0.25) is 9.59 Å². The van der Waals surface area contributed by atoms with Gasteiger partial charge in [0, 0.05) is 22.8 Å². The number of hydrogen-bond donors (Lipinski definition) is 1. The quantitative estimate of drug-likeness (QED) is 0.905. The van der Waals surface area contributed by atoms with Crippen molar-refractivity contribution < 1.29 is 4.79 Å². The lowest BCUT2D eigenvalue weighted by Crippen LogP contribution is -2.42. The fourth-order valence-corrected chi connectivity index (χ4v) is 4.47. The number of carbonyl (C=O) groups is 1. The van der Waals surface area contributed by atoms with Crippen LogP contribution in [0.15, 0.2) is 27.6 Å². The summed E-state index contributed by atoms with van der Waals surface area (Å²) in [5.74, 6) is 2.21. The van der Waals surface area contributed by atoms with Gasteiger partial charge in [0.25, 0.3) is 5.56 Å². The highest BCUT2D eigenvalue weighted by Gasteiger charge is 2.42. The van der Waals surface area contributed by atoms with E-state index < -0.39 is 0 Å². The standard InChI is InChI=1S/C16H21BrN2O2/c1-10(14-7-11-2-3-12(14)6-11)18-15(20)9-19-8-13(17)4-5-16(19)21/h4-5,8,10-12,14H,2-3,6-7,9H2,1H3,(H,18,20). The van der Waals surface area contributed by atoms with E-state index in [9.17, 15) is 9.59 Å². The zero-order chi connectivity index (χ0) is 15.0. The molecule has 1 aromatic rings. The summed E-state index contributed by atoms with van der Waals surface area (Å²) >= 11 is 3.32. The number of carbonyl (C=O) groups excluding carboxylic acids is 1. The van der Waals surface area contributed by atoms with E-state index in [1.165, 1.54) is 36.3 Å². The summed E-state index contributed by atoms with van der Waals surface area (Å²) in [6, 6.07) is 3.36. The molecule has 2 aliphatic carbocycles. The van der Waals surface area contributed by atoms with Crippen molar-refractivity contribution in [3.05, 3.63) is 33.2 Å². The second-order valence-electron chi connectivity index (χ2n) is 6.51. The first-order chi connectivity index (χ1) is 10.0. The molecule has 2 fully saturated rings. The van der Waals surface area contributed by atoms with Gasteiger partial charge in [-0.2, -0.15) is 0 Å². The van der Waals surface area contributed by atoms with Gasteiger partial charge in [-0.25, -0.2) is 0 Å². The molecule has 4 nitrogen and oxygen atoms in total. The van der Waals surface area contributed by atoms with E-state index >= 15 is 0 Å². The minimum Gasteiger partial charge on any atom is -0.352 e. The Kier molecular flexibility index (Phi) is 4.20. The van der Waals surface area contributed by atoms with Crippen molar-refractivity contribution in [2.24, 2.45) is 17.8 Å². The predicted molar refractivity (Wildman–Crippen MR) is 84.9 cm³/mol. The summed E-state index contributed by atoms with van der Waals surface area (Å²) in [6.45, 7) is 2.19. The van der Waals surface area contributed by atoms with Crippen LogP contribution in [-0.4, -0.2) is 16.5 Å². The summed E-state index contributed by atoms with van der Waals surface area (Å²) in [5, 5.41) is 3.09. The third-order valence-corrected chi connectivity index (χ3v) is 5.55. The zero-order valence-corrected chi connectivity index (χ0v) is 13.8. The molecule has 0 aromatic carbocycles. The first-order valence-electron chi connectivity index (χ1n) is 7.68. The fourth-order valence-electron chi connectivity index (χ4n) is 4.09. The number of nitrogens with one attached hydrogen (secondary N) is 1. The average Bonchev–Trinajstić information content (AvgIpc) is 3.05. The monoisotopic (exact) mass is 352 g/mol. The molecule has 2 bridgehead atoms. The smallest absolute Gasteiger partial charge is 0.251 e. The van der Waals surface area contributed by atoms with Gasteiger partial charge in [0.2, 0.25) is 5.91 Å². The van der Waals surface area contributed by atoms with Crippen LogP contribution in [0, 0.1) is 17.8 Å². The number of halogens is 1. The summed E-state index contributed by atoms with van der Waals surface area (Å²) in [4.78, 5) is 23.9. The van der Waals surface area contributed by atoms with Crippen LogP contribution in [-0.2, 0) is 11.3 Å². The molecule has 0 radical (unpaired) electrons. The lowest BCUT2D eigenvalue weighted by atomic mass is 9.84. The highest BCUT2D eigenvalue weighted by molar-refractivity contribution is 9.10. The van der Waals surface area contributed by atoms with Gasteiger partial charge >= 0.3 is 0 Å². The van der Waals surface area contributed by atoms with Gasteiger partial charge in [0.1, 0.15) is 6.54 Å². The Hall–Kier alpha value is -1.10. The maximum atomic E-state index is 12.2. The number of amides is 1. The maximum Gasteiger partial charge on any atom is 0.251 e. The lowest BCUT2D eigenvalue weighted by molar-refractivity contribution is -0.122. The molecule has 4 unspecified atom stereocenters. The summed E-state index contributed by atoms with van der Waals surface area (Å²) in [6.07, 6.45) is 6.94. The zero-order valence-electron chi connectivity index (χ0n) is 12.2. The Morgan fingerprint density at radius 2 is 2.24 bits per heavy atom. The Bertz CT molecular complexity index is 598. The molecule has 0 spiro atoms. The van der Waals surface area contributed by atoms with Crippen molar-refractivity contribution in [1.82, 2.24) is 9.88 Å².